The number of carbonyl (C=O) groups is 1. The fourth-order valence-corrected chi connectivity index (χ4v) is 3.42. The van der Waals surface area contributed by atoms with Crippen LogP contribution < -0.4 is 10.5 Å². The molecule has 4 rings (SSSR count). The molecule has 0 radical (unpaired) electrons. The van der Waals surface area contributed by atoms with E-state index >= 15 is 0 Å². The second kappa shape index (κ2) is 6.64. The SMILES string of the molecule is O=C(Cn1ccccc1=O)N1C[C@@H]2OCCN(c3ncccn3)[C@H]2C1. The van der Waals surface area contributed by atoms with E-state index in [4.69, 9.17) is 4.74 Å². The fraction of sp³-hybridized carbons (Fsp3) is 0.412. The summed E-state index contributed by atoms with van der Waals surface area (Å²) in [5.41, 5.74) is -0.178. The van der Waals surface area contributed by atoms with Gasteiger partial charge in [-0.05, 0) is 12.1 Å². The third-order valence-corrected chi connectivity index (χ3v) is 4.67. The largest absolute Gasteiger partial charge is 0.372 e. The molecule has 2 aromatic rings. The normalized spacial score (nSPS) is 22.7. The zero-order valence-electron chi connectivity index (χ0n) is 13.7. The van der Waals surface area contributed by atoms with Crippen molar-refractivity contribution in [2.45, 2.75) is 18.7 Å². The predicted octanol–water partition coefficient (Wildman–Crippen LogP) is -0.245. The number of likely N-dealkylation sites (tertiary alicyclic amines) is 1. The lowest BCUT2D eigenvalue weighted by molar-refractivity contribution is -0.131. The van der Waals surface area contributed by atoms with Crippen molar-refractivity contribution in [3.63, 3.8) is 0 Å². The number of anilines is 1. The highest BCUT2D eigenvalue weighted by Gasteiger charge is 2.42. The molecule has 8 heteroatoms. The van der Waals surface area contributed by atoms with E-state index in [9.17, 15) is 9.59 Å². The summed E-state index contributed by atoms with van der Waals surface area (Å²) in [6.45, 7) is 2.39. The molecule has 2 atom stereocenters. The first-order valence-electron chi connectivity index (χ1n) is 8.31. The Morgan fingerprint density at radius 1 is 1.20 bits per heavy atom. The lowest BCUT2D eigenvalue weighted by atomic mass is 10.1. The molecular weight excluding hydrogens is 322 g/mol. The maximum atomic E-state index is 12.6. The second-order valence-corrected chi connectivity index (χ2v) is 6.18. The second-order valence-electron chi connectivity index (χ2n) is 6.18. The number of pyridine rings is 1. The standard InChI is InChI=1S/C17H19N5O3/c23-15-4-1-2-7-20(15)12-16(24)21-10-13-14(11-21)25-9-8-22(13)17-18-5-3-6-19-17/h1-7,13-14H,8-12H2/t13-,14-/m0/s1. The lowest BCUT2D eigenvalue weighted by Crippen LogP contribution is -2.51. The van der Waals surface area contributed by atoms with Crippen molar-refractivity contribution < 1.29 is 9.53 Å². The number of rotatable bonds is 3. The molecule has 2 saturated heterocycles. The molecule has 0 saturated carbocycles. The van der Waals surface area contributed by atoms with Gasteiger partial charge in [-0.25, -0.2) is 9.97 Å². The summed E-state index contributed by atoms with van der Waals surface area (Å²) in [6.07, 6.45) is 5.00. The topological polar surface area (TPSA) is 80.6 Å². The molecule has 2 aromatic heterocycles. The van der Waals surface area contributed by atoms with Crippen LogP contribution in [0.3, 0.4) is 0 Å². The monoisotopic (exact) mass is 341 g/mol. The molecule has 2 aliphatic rings. The highest BCUT2D eigenvalue weighted by Crippen LogP contribution is 2.25. The van der Waals surface area contributed by atoms with Crippen LogP contribution in [-0.2, 0) is 16.1 Å². The van der Waals surface area contributed by atoms with Gasteiger partial charge in [0.25, 0.3) is 5.56 Å². The van der Waals surface area contributed by atoms with E-state index < -0.39 is 0 Å². The Kier molecular flexibility index (Phi) is 4.19. The van der Waals surface area contributed by atoms with E-state index in [-0.39, 0.29) is 30.2 Å². The first kappa shape index (κ1) is 15.8. The van der Waals surface area contributed by atoms with Gasteiger partial charge in [-0.15, -0.1) is 0 Å². The number of hydrogen-bond donors (Lipinski definition) is 0. The van der Waals surface area contributed by atoms with E-state index in [1.165, 1.54) is 10.6 Å². The number of amides is 1. The number of hydrogen-bond acceptors (Lipinski definition) is 6. The summed E-state index contributed by atoms with van der Waals surface area (Å²) in [5.74, 6) is 0.578. The number of morpholine rings is 1. The van der Waals surface area contributed by atoms with Crippen molar-refractivity contribution in [3.8, 4) is 0 Å². The van der Waals surface area contributed by atoms with E-state index in [1.807, 2.05) is 0 Å². The summed E-state index contributed by atoms with van der Waals surface area (Å²) in [4.78, 5) is 36.9. The van der Waals surface area contributed by atoms with Gasteiger partial charge in [-0.2, -0.15) is 0 Å². The van der Waals surface area contributed by atoms with Crippen LogP contribution in [0.15, 0.2) is 47.7 Å². The Labute approximate surface area is 144 Å². The van der Waals surface area contributed by atoms with Gasteiger partial charge in [0.05, 0.1) is 18.8 Å². The van der Waals surface area contributed by atoms with Gasteiger partial charge in [0.1, 0.15) is 6.54 Å². The number of ether oxygens (including phenoxy) is 1. The first-order chi connectivity index (χ1) is 12.2. The number of aromatic nitrogens is 3. The zero-order valence-corrected chi connectivity index (χ0v) is 13.7. The van der Waals surface area contributed by atoms with Crippen molar-refractivity contribution in [2.75, 3.05) is 31.1 Å². The van der Waals surface area contributed by atoms with Crippen LogP contribution in [0.2, 0.25) is 0 Å². The highest BCUT2D eigenvalue weighted by molar-refractivity contribution is 5.76. The highest BCUT2D eigenvalue weighted by atomic mass is 16.5. The molecule has 130 valence electrons. The quantitative estimate of drug-likeness (QED) is 0.766. The van der Waals surface area contributed by atoms with Gasteiger partial charge in [-0.3, -0.25) is 9.59 Å². The third kappa shape index (κ3) is 3.12. The average molecular weight is 341 g/mol. The van der Waals surface area contributed by atoms with Crippen LogP contribution in [0.4, 0.5) is 5.95 Å². The minimum absolute atomic E-state index is 0.0348. The minimum atomic E-state index is -0.178. The summed E-state index contributed by atoms with van der Waals surface area (Å²) in [6, 6.07) is 6.68. The van der Waals surface area contributed by atoms with Crippen LogP contribution in [0.25, 0.3) is 0 Å². The smallest absolute Gasteiger partial charge is 0.250 e. The van der Waals surface area contributed by atoms with Gasteiger partial charge in [0.2, 0.25) is 11.9 Å². The zero-order chi connectivity index (χ0) is 17.2. The lowest BCUT2D eigenvalue weighted by Gasteiger charge is -2.36. The molecule has 0 aromatic carbocycles. The van der Waals surface area contributed by atoms with Gasteiger partial charge in [0.15, 0.2) is 0 Å². The molecule has 2 fully saturated rings. The Bertz CT molecular complexity index is 809. The molecule has 8 nitrogen and oxygen atoms in total. The van der Waals surface area contributed by atoms with E-state index in [0.717, 1.165) is 0 Å². The molecule has 2 aliphatic heterocycles. The third-order valence-electron chi connectivity index (χ3n) is 4.67. The molecule has 0 bridgehead atoms. The van der Waals surface area contributed by atoms with Gasteiger partial charge >= 0.3 is 0 Å². The molecule has 25 heavy (non-hydrogen) atoms. The van der Waals surface area contributed by atoms with Crippen molar-refractivity contribution in [1.82, 2.24) is 19.4 Å². The van der Waals surface area contributed by atoms with Crippen LogP contribution >= 0.6 is 0 Å². The maximum Gasteiger partial charge on any atom is 0.250 e. The molecular formula is C17H19N5O3. The van der Waals surface area contributed by atoms with Gasteiger partial charge < -0.3 is 19.1 Å². The van der Waals surface area contributed by atoms with Crippen LogP contribution in [0.1, 0.15) is 0 Å². The molecule has 1 amide bonds. The molecule has 0 aliphatic carbocycles. The molecule has 0 unspecified atom stereocenters. The molecule has 0 N–H and O–H groups in total. The van der Waals surface area contributed by atoms with Crippen LogP contribution in [0, 0.1) is 0 Å². The van der Waals surface area contributed by atoms with Crippen molar-refractivity contribution in [1.29, 1.82) is 0 Å². The maximum absolute atomic E-state index is 12.6. The predicted molar refractivity (Wildman–Crippen MR) is 90.2 cm³/mol. The van der Waals surface area contributed by atoms with Crippen molar-refractivity contribution in [2.24, 2.45) is 0 Å². The van der Waals surface area contributed by atoms with Crippen molar-refractivity contribution in [3.05, 3.63) is 53.2 Å². The Morgan fingerprint density at radius 3 is 2.84 bits per heavy atom. The minimum Gasteiger partial charge on any atom is -0.372 e. The van der Waals surface area contributed by atoms with E-state index in [2.05, 4.69) is 14.9 Å². The van der Waals surface area contributed by atoms with Crippen LogP contribution in [0.5, 0.6) is 0 Å². The number of carbonyl (C=O) groups excluding carboxylic acids is 1. The fourth-order valence-electron chi connectivity index (χ4n) is 3.42. The van der Waals surface area contributed by atoms with Crippen molar-refractivity contribution >= 4 is 11.9 Å². The molecule has 0 spiro atoms. The van der Waals surface area contributed by atoms with Gasteiger partial charge in [0, 0.05) is 44.3 Å². The average Bonchev–Trinajstić information content (AvgIpc) is 3.09. The Hall–Kier alpha value is -2.74. The van der Waals surface area contributed by atoms with Crippen LogP contribution in [-0.4, -0.2) is 63.7 Å². The summed E-state index contributed by atoms with van der Waals surface area (Å²) < 4.78 is 7.27. The van der Waals surface area contributed by atoms with Gasteiger partial charge in [-0.1, -0.05) is 6.07 Å². The van der Waals surface area contributed by atoms with E-state index in [1.54, 1.807) is 41.7 Å². The summed E-state index contributed by atoms with van der Waals surface area (Å²) in [5, 5.41) is 0. The molecule has 4 heterocycles. The number of nitrogens with zero attached hydrogens (tertiary/aromatic N) is 5. The van der Waals surface area contributed by atoms with E-state index in [0.29, 0.717) is 32.2 Å². The first-order valence-corrected chi connectivity index (χ1v) is 8.31. The Morgan fingerprint density at radius 2 is 2.04 bits per heavy atom. The summed E-state index contributed by atoms with van der Waals surface area (Å²) in [7, 11) is 0. The Balaban J connectivity index is 1.48. The summed E-state index contributed by atoms with van der Waals surface area (Å²) >= 11 is 0. The number of fused-ring (bicyclic) bond motifs is 1.